The predicted octanol–water partition coefficient (Wildman–Crippen LogP) is 3.23. The van der Waals surface area contributed by atoms with Crippen LogP contribution in [0.25, 0.3) is 0 Å². The molecule has 2 aromatic carbocycles. The molecule has 11 nitrogen and oxygen atoms in total. The second-order valence-corrected chi connectivity index (χ2v) is 9.69. The molecule has 3 aromatic rings. The van der Waals surface area contributed by atoms with E-state index < -0.39 is 42.5 Å². The maximum absolute atomic E-state index is 13.4. The lowest BCUT2D eigenvalue weighted by atomic mass is 9.94. The van der Waals surface area contributed by atoms with E-state index in [1.54, 1.807) is 25.1 Å². The van der Waals surface area contributed by atoms with Crippen molar-refractivity contribution in [3.63, 3.8) is 0 Å². The lowest BCUT2D eigenvalue weighted by Gasteiger charge is -2.19. The van der Waals surface area contributed by atoms with Crippen molar-refractivity contribution < 1.29 is 42.8 Å². The molecule has 41 heavy (non-hydrogen) atoms. The Hall–Kier alpha value is -4.80. The molecule has 1 N–H and O–H groups in total. The summed E-state index contributed by atoms with van der Waals surface area (Å²) in [7, 11) is 1.44. The van der Waals surface area contributed by atoms with Crippen molar-refractivity contribution in [2.45, 2.75) is 38.5 Å². The molecule has 0 spiro atoms. The Morgan fingerprint density at radius 3 is 2.61 bits per heavy atom. The highest BCUT2D eigenvalue weighted by Gasteiger charge is 2.33. The van der Waals surface area contributed by atoms with Crippen LogP contribution in [0.1, 0.15) is 35.0 Å². The number of carbonyl (C=O) groups is 3. The van der Waals surface area contributed by atoms with E-state index in [0.717, 1.165) is 11.1 Å². The van der Waals surface area contributed by atoms with Crippen molar-refractivity contribution in [1.82, 2.24) is 10.3 Å². The summed E-state index contributed by atoms with van der Waals surface area (Å²) in [6.45, 7) is 1.53. The Balaban J connectivity index is 1.29. The third kappa shape index (κ3) is 6.68. The van der Waals surface area contributed by atoms with Crippen molar-refractivity contribution >= 4 is 17.8 Å². The van der Waals surface area contributed by atoms with E-state index in [0.29, 0.717) is 17.9 Å². The fourth-order valence-electron chi connectivity index (χ4n) is 4.65. The van der Waals surface area contributed by atoms with Crippen LogP contribution in [0.2, 0.25) is 0 Å². The molecule has 214 valence electrons. The minimum absolute atomic E-state index is 0.0718. The fraction of sp³-hybridized carbons (Fsp3) is 0.333. The number of hydrogen-bond acceptors (Lipinski definition) is 10. The first-order valence-electron chi connectivity index (χ1n) is 13.2. The number of esters is 2. The van der Waals surface area contributed by atoms with Crippen LogP contribution in [0.5, 0.6) is 23.0 Å². The molecule has 3 heterocycles. The van der Waals surface area contributed by atoms with Crippen molar-refractivity contribution in [2.24, 2.45) is 5.92 Å². The maximum atomic E-state index is 13.4. The molecule has 2 aliphatic rings. The van der Waals surface area contributed by atoms with Gasteiger partial charge >= 0.3 is 11.9 Å². The summed E-state index contributed by atoms with van der Waals surface area (Å²) in [5, 5.41) is 2.58. The topological polar surface area (TPSA) is 132 Å². The minimum atomic E-state index is -1.25. The van der Waals surface area contributed by atoms with Crippen LogP contribution in [-0.4, -0.2) is 55.5 Å². The van der Waals surface area contributed by atoms with Gasteiger partial charge in [-0.15, -0.1) is 0 Å². The Morgan fingerprint density at radius 1 is 1.00 bits per heavy atom. The number of pyridine rings is 1. The van der Waals surface area contributed by atoms with E-state index in [1.807, 2.05) is 36.4 Å². The van der Waals surface area contributed by atoms with Crippen LogP contribution in [0.3, 0.4) is 0 Å². The number of rotatable bonds is 8. The van der Waals surface area contributed by atoms with Gasteiger partial charge in [0.15, 0.2) is 34.7 Å². The first kappa shape index (κ1) is 27.8. The number of nitrogens with one attached hydrogen (secondary N) is 1. The molecule has 1 unspecified atom stereocenters. The number of carbonyl (C=O) groups excluding carboxylic acids is 3. The van der Waals surface area contributed by atoms with Gasteiger partial charge in [0, 0.05) is 12.3 Å². The zero-order valence-corrected chi connectivity index (χ0v) is 22.7. The van der Waals surface area contributed by atoms with Crippen LogP contribution >= 0.6 is 0 Å². The SMILES string of the molecule is COc1ccnc(C(=O)NC2COC(=O)[C@H](Cc3ccccc3)C[C@H](C)OC2=O)c1OCc1ccc2c(c1)OCO2. The van der Waals surface area contributed by atoms with E-state index in [-0.39, 0.29) is 37.0 Å². The summed E-state index contributed by atoms with van der Waals surface area (Å²) in [5.41, 5.74) is 1.62. The summed E-state index contributed by atoms with van der Waals surface area (Å²) < 4.78 is 33.2. The Kier molecular flexibility index (Phi) is 8.52. The number of aromatic nitrogens is 1. The molecule has 1 aromatic heterocycles. The smallest absolute Gasteiger partial charge is 0.332 e. The van der Waals surface area contributed by atoms with Gasteiger partial charge in [-0.25, -0.2) is 9.78 Å². The van der Waals surface area contributed by atoms with Crippen molar-refractivity contribution in [3.8, 4) is 23.0 Å². The summed E-state index contributed by atoms with van der Waals surface area (Å²) in [6.07, 6.45) is 1.54. The van der Waals surface area contributed by atoms with Gasteiger partial charge in [-0.05, 0) is 43.0 Å². The number of amides is 1. The molecule has 5 rings (SSSR count). The van der Waals surface area contributed by atoms with Crippen LogP contribution in [0.15, 0.2) is 60.8 Å². The Labute approximate surface area is 236 Å². The Morgan fingerprint density at radius 2 is 1.80 bits per heavy atom. The van der Waals surface area contributed by atoms with Crippen molar-refractivity contribution in [1.29, 1.82) is 0 Å². The fourth-order valence-corrected chi connectivity index (χ4v) is 4.65. The van der Waals surface area contributed by atoms with Crippen molar-refractivity contribution in [2.75, 3.05) is 20.5 Å². The van der Waals surface area contributed by atoms with Crippen LogP contribution in [0, 0.1) is 5.92 Å². The predicted molar refractivity (Wildman–Crippen MR) is 144 cm³/mol. The highest BCUT2D eigenvalue weighted by Crippen LogP contribution is 2.34. The van der Waals surface area contributed by atoms with E-state index in [2.05, 4.69) is 10.3 Å². The van der Waals surface area contributed by atoms with Gasteiger partial charge in [0.25, 0.3) is 5.91 Å². The minimum Gasteiger partial charge on any atom is -0.493 e. The van der Waals surface area contributed by atoms with Crippen molar-refractivity contribution in [3.05, 3.63) is 77.6 Å². The molecule has 1 amide bonds. The number of nitrogens with zero attached hydrogens (tertiary/aromatic N) is 1. The summed E-state index contributed by atoms with van der Waals surface area (Å²) >= 11 is 0. The number of methoxy groups -OCH3 is 1. The van der Waals surface area contributed by atoms with Crippen LogP contribution in [0.4, 0.5) is 0 Å². The number of hydrogen-bond donors (Lipinski definition) is 1. The van der Waals surface area contributed by atoms with Crippen LogP contribution < -0.4 is 24.3 Å². The van der Waals surface area contributed by atoms with E-state index in [4.69, 9.17) is 28.4 Å². The van der Waals surface area contributed by atoms with Gasteiger partial charge < -0.3 is 33.7 Å². The second-order valence-electron chi connectivity index (χ2n) is 9.69. The largest absolute Gasteiger partial charge is 0.493 e. The molecule has 0 saturated carbocycles. The summed E-state index contributed by atoms with van der Waals surface area (Å²) in [4.78, 5) is 43.4. The first-order chi connectivity index (χ1) is 19.9. The average molecular weight is 563 g/mol. The quantitative estimate of drug-likeness (QED) is 0.408. The molecule has 1 fully saturated rings. The molecule has 0 bridgehead atoms. The van der Waals surface area contributed by atoms with E-state index in [9.17, 15) is 14.4 Å². The standard InChI is InChI=1S/C30H30N2O9/c1-18-12-21(13-19-6-4-3-5-7-19)29(34)38-16-22(30(35)41-18)32-28(33)26-27(24(36-2)10-11-31-26)37-15-20-8-9-23-25(14-20)40-17-39-23/h3-11,14,18,21-22H,12-13,15-17H2,1-2H3,(H,32,33)/t18-,21-,22?/m0/s1. The third-order valence-corrected chi connectivity index (χ3v) is 6.70. The molecule has 1 saturated heterocycles. The third-order valence-electron chi connectivity index (χ3n) is 6.70. The second kappa shape index (κ2) is 12.6. The summed E-state index contributed by atoms with van der Waals surface area (Å²) in [6, 6.07) is 15.2. The lowest BCUT2D eigenvalue weighted by molar-refractivity contribution is -0.152. The monoisotopic (exact) mass is 562 g/mol. The van der Waals surface area contributed by atoms with Gasteiger partial charge in [-0.2, -0.15) is 0 Å². The Bertz CT molecular complexity index is 1410. The van der Waals surface area contributed by atoms with E-state index in [1.165, 1.54) is 13.3 Å². The molecular formula is C30H30N2O9. The molecule has 0 aliphatic carbocycles. The van der Waals surface area contributed by atoms with Gasteiger partial charge in [0.1, 0.15) is 13.2 Å². The highest BCUT2D eigenvalue weighted by molar-refractivity contribution is 5.98. The molecule has 3 atom stereocenters. The zero-order chi connectivity index (χ0) is 28.8. The first-order valence-corrected chi connectivity index (χ1v) is 13.2. The number of benzene rings is 2. The van der Waals surface area contributed by atoms with E-state index >= 15 is 0 Å². The maximum Gasteiger partial charge on any atom is 0.332 e. The van der Waals surface area contributed by atoms with Gasteiger partial charge in [0.2, 0.25) is 6.79 Å². The van der Waals surface area contributed by atoms with Crippen LogP contribution in [-0.2, 0) is 32.1 Å². The van der Waals surface area contributed by atoms with Gasteiger partial charge in [0.05, 0.1) is 19.1 Å². The molecule has 0 radical (unpaired) electrons. The van der Waals surface area contributed by atoms with Gasteiger partial charge in [-0.3, -0.25) is 9.59 Å². The number of ether oxygens (including phenoxy) is 6. The summed E-state index contributed by atoms with van der Waals surface area (Å²) in [5.74, 6) is -0.843. The molecule has 11 heteroatoms. The normalized spacial score (nSPS) is 20.1. The zero-order valence-electron chi connectivity index (χ0n) is 22.7. The highest BCUT2D eigenvalue weighted by atomic mass is 16.7. The number of fused-ring (bicyclic) bond motifs is 1. The average Bonchev–Trinajstić information content (AvgIpc) is 3.46. The van der Waals surface area contributed by atoms with Gasteiger partial charge in [-0.1, -0.05) is 36.4 Å². The molecular weight excluding hydrogens is 532 g/mol. The lowest BCUT2D eigenvalue weighted by Crippen LogP contribution is -2.46. The molecule has 2 aliphatic heterocycles. The number of cyclic esters (lactones) is 2.